The molecule has 1 N–H and O–H groups in total. The van der Waals surface area contributed by atoms with Crippen LogP contribution in [0.5, 0.6) is 0 Å². The van der Waals surface area contributed by atoms with Crippen molar-refractivity contribution in [3.8, 4) is 0 Å². The van der Waals surface area contributed by atoms with Crippen molar-refractivity contribution in [3.05, 3.63) is 125 Å². The first-order chi connectivity index (χ1) is 15.3. The normalized spacial score (nSPS) is 12.6. The third-order valence-corrected chi connectivity index (χ3v) is 4.58. The van der Waals surface area contributed by atoms with E-state index in [-0.39, 0.29) is 5.76 Å². The molecule has 0 aliphatic heterocycles. The molecule has 0 bridgehead atoms. The summed E-state index contributed by atoms with van der Waals surface area (Å²) in [6.45, 7) is 3.45. The SMILES string of the molecule is CCOCCOC(=Cc1ccccc1)C(=C(O)C=Cc1ccccc1)c1ccccc1. The Morgan fingerprint density at radius 3 is 1.97 bits per heavy atom. The Morgan fingerprint density at radius 1 is 0.774 bits per heavy atom. The first kappa shape index (κ1) is 22.1. The first-order valence-electron chi connectivity index (χ1n) is 10.5. The van der Waals surface area contributed by atoms with E-state index in [1.54, 1.807) is 6.08 Å². The Balaban J connectivity index is 2.04. The standard InChI is InChI=1S/C28H28O3/c1-2-30-20-21-31-27(22-24-14-8-4-9-15-24)28(25-16-10-5-11-17-25)26(29)19-18-23-12-6-3-7-13-23/h3-19,22,29H,2,20-21H2,1H3. The Kier molecular flexibility index (Phi) is 8.72. The van der Waals surface area contributed by atoms with Gasteiger partial charge in [-0.3, -0.25) is 0 Å². The van der Waals surface area contributed by atoms with Gasteiger partial charge in [-0.1, -0.05) is 97.1 Å². The molecular formula is C28H28O3. The van der Waals surface area contributed by atoms with E-state index in [9.17, 15) is 5.11 Å². The van der Waals surface area contributed by atoms with Gasteiger partial charge >= 0.3 is 0 Å². The summed E-state index contributed by atoms with van der Waals surface area (Å²) in [6.07, 6.45) is 5.54. The van der Waals surface area contributed by atoms with E-state index in [2.05, 4.69) is 0 Å². The molecule has 158 valence electrons. The molecule has 3 aromatic rings. The minimum Gasteiger partial charge on any atom is -0.507 e. The summed E-state index contributed by atoms with van der Waals surface area (Å²) in [4.78, 5) is 0. The van der Waals surface area contributed by atoms with Crippen LogP contribution in [0.15, 0.2) is 109 Å². The van der Waals surface area contributed by atoms with Gasteiger partial charge < -0.3 is 14.6 Å². The van der Waals surface area contributed by atoms with Crippen molar-refractivity contribution in [2.45, 2.75) is 6.92 Å². The van der Waals surface area contributed by atoms with Crippen LogP contribution in [0, 0.1) is 0 Å². The van der Waals surface area contributed by atoms with Crippen molar-refractivity contribution in [2.75, 3.05) is 19.8 Å². The monoisotopic (exact) mass is 412 g/mol. The van der Waals surface area contributed by atoms with Crippen molar-refractivity contribution in [2.24, 2.45) is 0 Å². The van der Waals surface area contributed by atoms with Crippen LogP contribution in [-0.4, -0.2) is 24.9 Å². The second-order valence-electron chi connectivity index (χ2n) is 6.83. The van der Waals surface area contributed by atoms with E-state index in [0.29, 0.717) is 31.2 Å². The predicted molar refractivity (Wildman–Crippen MR) is 128 cm³/mol. The lowest BCUT2D eigenvalue weighted by atomic mass is 10.00. The minimum atomic E-state index is 0.133. The van der Waals surface area contributed by atoms with Crippen LogP contribution >= 0.6 is 0 Å². The van der Waals surface area contributed by atoms with Crippen LogP contribution in [-0.2, 0) is 9.47 Å². The highest BCUT2D eigenvalue weighted by atomic mass is 16.5. The van der Waals surface area contributed by atoms with E-state index < -0.39 is 0 Å². The number of allylic oxidation sites excluding steroid dienone is 2. The zero-order chi connectivity index (χ0) is 21.7. The summed E-state index contributed by atoms with van der Waals surface area (Å²) in [5.41, 5.74) is 3.50. The van der Waals surface area contributed by atoms with Gasteiger partial charge in [0.1, 0.15) is 18.1 Å². The summed E-state index contributed by atoms with van der Waals surface area (Å²) >= 11 is 0. The average Bonchev–Trinajstić information content (AvgIpc) is 2.82. The number of aliphatic hydroxyl groups excluding tert-OH is 1. The van der Waals surface area contributed by atoms with Crippen molar-refractivity contribution >= 4 is 17.7 Å². The first-order valence-corrected chi connectivity index (χ1v) is 10.5. The molecule has 0 atom stereocenters. The summed E-state index contributed by atoms with van der Waals surface area (Å²) in [6, 6.07) is 29.6. The van der Waals surface area contributed by atoms with E-state index in [4.69, 9.17) is 9.47 Å². The van der Waals surface area contributed by atoms with Gasteiger partial charge in [0, 0.05) is 6.61 Å². The Hall–Kier alpha value is -3.56. The fourth-order valence-corrected chi connectivity index (χ4v) is 3.09. The quantitative estimate of drug-likeness (QED) is 0.227. The van der Waals surface area contributed by atoms with Crippen LogP contribution in [0.4, 0.5) is 0 Å². The van der Waals surface area contributed by atoms with Gasteiger partial charge in [-0.05, 0) is 35.8 Å². The average molecular weight is 413 g/mol. The van der Waals surface area contributed by atoms with E-state index in [1.807, 2.05) is 110 Å². The molecule has 0 saturated heterocycles. The number of ether oxygens (including phenoxy) is 2. The third kappa shape index (κ3) is 7.02. The van der Waals surface area contributed by atoms with Crippen LogP contribution in [0.25, 0.3) is 17.7 Å². The maximum atomic E-state index is 11.1. The van der Waals surface area contributed by atoms with E-state index in [0.717, 1.165) is 16.7 Å². The van der Waals surface area contributed by atoms with Crippen molar-refractivity contribution in [1.82, 2.24) is 0 Å². The molecule has 0 radical (unpaired) electrons. The minimum absolute atomic E-state index is 0.133. The summed E-state index contributed by atoms with van der Waals surface area (Å²) in [7, 11) is 0. The highest BCUT2D eigenvalue weighted by Crippen LogP contribution is 2.29. The van der Waals surface area contributed by atoms with Crippen molar-refractivity contribution < 1.29 is 14.6 Å². The molecule has 0 amide bonds. The second-order valence-corrected chi connectivity index (χ2v) is 6.83. The molecular weight excluding hydrogens is 384 g/mol. The fourth-order valence-electron chi connectivity index (χ4n) is 3.09. The van der Waals surface area contributed by atoms with Gasteiger partial charge in [-0.15, -0.1) is 0 Å². The maximum Gasteiger partial charge on any atom is 0.131 e. The largest absolute Gasteiger partial charge is 0.507 e. The van der Waals surface area contributed by atoms with Crippen molar-refractivity contribution in [3.63, 3.8) is 0 Å². The van der Waals surface area contributed by atoms with E-state index in [1.165, 1.54) is 0 Å². The molecule has 0 heterocycles. The lowest BCUT2D eigenvalue weighted by Crippen LogP contribution is -2.06. The molecule has 0 unspecified atom stereocenters. The highest BCUT2D eigenvalue weighted by molar-refractivity contribution is 5.85. The molecule has 0 fully saturated rings. The predicted octanol–water partition coefficient (Wildman–Crippen LogP) is 6.76. The second kappa shape index (κ2) is 12.2. The fraction of sp³-hybridized carbons (Fsp3) is 0.143. The maximum absolute atomic E-state index is 11.1. The van der Waals surface area contributed by atoms with Gasteiger partial charge in [0.25, 0.3) is 0 Å². The van der Waals surface area contributed by atoms with Crippen LogP contribution in [0.1, 0.15) is 23.6 Å². The van der Waals surface area contributed by atoms with Crippen LogP contribution in [0.3, 0.4) is 0 Å². The lowest BCUT2D eigenvalue weighted by Gasteiger charge is -2.16. The molecule has 0 spiro atoms. The number of hydrogen-bond acceptors (Lipinski definition) is 3. The summed E-state index contributed by atoms with van der Waals surface area (Å²) in [5.74, 6) is 0.723. The van der Waals surface area contributed by atoms with E-state index >= 15 is 0 Å². The zero-order valence-electron chi connectivity index (χ0n) is 17.8. The van der Waals surface area contributed by atoms with Gasteiger partial charge in [0.05, 0.1) is 12.2 Å². The topological polar surface area (TPSA) is 38.7 Å². The smallest absolute Gasteiger partial charge is 0.131 e. The Morgan fingerprint density at radius 2 is 1.35 bits per heavy atom. The van der Waals surface area contributed by atoms with Crippen molar-refractivity contribution in [1.29, 1.82) is 0 Å². The zero-order valence-corrected chi connectivity index (χ0v) is 17.8. The molecule has 0 saturated carbocycles. The molecule has 3 aromatic carbocycles. The molecule has 31 heavy (non-hydrogen) atoms. The van der Waals surface area contributed by atoms with Gasteiger partial charge in [0.2, 0.25) is 0 Å². The molecule has 0 aliphatic rings. The summed E-state index contributed by atoms with van der Waals surface area (Å²) in [5, 5.41) is 11.1. The van der Waals surface area contributed by atoms with Gasteiger partial charge in [-0.25, -0.2) is 0 Å². The molecule has 0 aromatic heterocycles. The lowest BCUT2D eigenvalue weighted by molar-refractivity contribution is 0.0881. The Bertz CT molecular complexity index is 1000. The molecule has 0 aliphatic carbocycles. The highest BCUT2D eigenvalue weighted by Gasteiger charge is 2.15. The van der Waals surface area contributed by atoms with Crippen LogP contribution in [0.2, 0.25) is 0 Å². The molecule has 3 rings (SSSR count). The van der Waals surface area contributed by atoms with Gasteiger partial charge in [0.15, 0.2) is 0 Å². The third-order valence-electron chi connectivity index (χ3n) is 4.58. The molecule has 3 heteroatoms. The Labute approximate surface area is 184 Å². The number of hydrogen-bond donors (Lipinski definition) is 1. The van der Waals surface area contributed by atoms with Gasteiger partial charge in [-0.2, -0.15) is 0 Å². The summed E-state index contributed by atoms with van der Waals surface area (Å²) < 4.78 is 11.6. The van der Waals surface area contributed by atoms with Crippen LogP contribution < -0.4 is 0 Å². The number of aliphatic hydroxyl groups is 1. The molecule has 3 nitrogen and oxygen atoms in total. The number of rotatable bonds is 10. The number of benzene rings is 3.